The van der Waals surface area contributed by atoms with E-state index in [0.29, 0.717) is 18.5 Å². The molecule has 0 fully saturated rings. The van der Waals surface area contributed by atoms with E-state index in [1.807, 2.05) is 0 Å². The summed E-state index contributed by atoms with van der Waals surface area (Å²) in [6, 6.07) is 0. The highest BCUT2D eigenvalue weighted by Gasteiger charge is 2.04. The second-order valence-corrected chi connectivity index (χ2v) is 2.55. The van der Waals surface area contributed by atoms with E-state index in [4.69, 9.17) is 5.11 Å². The number of aliphatic imine (C=N–C) groups is 1. The third-order valence-electron chi connectivity index (χ3n) is 1.65. The molecule has 0 atom stereocenters. The van der Waals surface area contributed by atoms with Crippen molar-refractivity contribution in [3.05, 3.63) is 11.6 Å². The number of carboxylic acids is 1. The van der Waals surface area contributed by atoms with Crippen LogP contribution in [0.3, 0.4) is 0 Å². The van der Waals surface area contributed by atoms with Gasteiger partial charge in [-0.1, -0.05) is 6.08 Å². The highest BCUT2D eigenvalue weighted by atomic mass is 16.4. The summed E-state index contributed by atoms with van der Waals surface area (Å²) in [5, 5.41) is 8.62. The van der Waals surface area contributed by atoms with E-state index in [0.717, 1.165) is 12.8 Å². The average molecular weight is 183 g/mol. The predicted molar refractivity (Wildman–Crippen MR) is 48.2 cm³/mol. The van der Waals surface area contributed by atoms with Gasteiger partial charge in [0.1, 0.15) is 0 Å². The summed E-state index contributed by atoms with van der Waals surface area (Å²) >= 11 is 0. The minimum atomic E-state index is -0.874. The molecule has 0 bridgehead atoms. The Morgan fingerprint density at radius 3 is 2.69 bits per heavy atom. The molecule has 13 heavy (non-hydrogen) atoms. The first kappa shape index (κ1) is 11.6. The van der Waals surface area contributed by atoms with Crippen LogP contribution in [0.4, 0.5) is 0 Å². The molecule has 0 saturated carbocycles. The van der Waals surface area contributed by atoms with Gasteiger partial charge in [0.2, 0.25) is 6.08 Å². The zero-order chi connectivity index (χ0) is 10.1. The van der Waals surface area contributed by atoms with Crippen LogP contribution in [0.5, 0.6) is 0 Å². The Labute approximate surface area is 77.0 Å². The van der Waals surface area contributed by atoms with E-state index in [2.05, 4.69) is 4.99 Å². The average Bonchev–Trinajstić information content (AvgIpc) is 2.10. The third-order valence-corrected chi connectivity index (χ3v) is 1.65. The molecule has 0 rings (SSSR count). The van der Waals surface area contributed by atoms with E-state index >= 15 is 0 Å². The van der Waals surface area contributed by atoms with E-state index in [9.17, 15) is 9.59 Å². The summed E-state index contributed by atoms with van der Waals surface area (Å²) in [7, 11) is 0. The Morgan fingerprint density at radius 1 is 1.54 bits per heavy atom. The minimum absolute atomic E-state index is 0.412. The molecule has 0 unspecified atom stereocenters. The molecule has 0 saturated heterocycles. The smallest absolute Gasteiger partial charge is 0.331 e. The van der Waals surface area contributed by atoms with Crippen LogP contribution in [-0.4, -0.2) is 23.7 Å². The van der Waals surface area contributed by atoms with Crippen molar-refractivity contribution in [1.29, 1.82) is 0 Å². The Hall–Kier alpha value is -1.41. The summed E-state index contributed by atoms with van der Waals surface area (Å²) in [6.45, 7) is 2.13. The lowest BCUT2D eigenvalue weighted by Gasteiger charge is -1.99. The first-order valence-corrected chi connectivity index (χ1v) is 4.14. The number of isocyanates is 1. The number of carboxylic acid groups (broad SMARTS) is 1. The van der Waals surface area contributed by atoms with E-state index in [1.165, 1.54) is 6.08 Å². The minimum Gasteiger partial charge on any atom is -0.478 e. The summed E-state index contributed by atoms with van der Waals surface area (Å²) in [4.78, 5) is 23.5. The molecule has 0 aliphatic rings. The molecule has 0 amide bonds. The van der Waals surface area contributed by atoms with Crippen molar-refractivity contribution in [2.45, 2.75) is 26.2 Å². The molecule has 0 aliphatic heterocycles. The number of unbranched alkanes of at least 4 members (excludes halogenated alkanes) is 1. The van der Waals surface area contributed by atoms with Gasteiger partial charge in [0.05, 0.1) is 6.54 Å². The van der Waals surface area contributed by atoms with Crippen molar-refractivity contribution < 1.29 is 14.7 Å². The van der Waals surface area contributed by atoms with Crippen molar-refractivity contribution in [2.75, 3.05) is 6.54 Å². The van der Waals surface area contributed by atoms with Gasteiger partial charge in [0.25, 0.3) is 0 Å². The molecule has 0 aromatic heterocycles. The molecule has 0 spiro atoms. The third kappa shape index (κ3) is 5.82. The van der Waals surface area contributed by atoms with Gasteiger partial charge in [-0.05, 0) is 26.2 Å². The van der Waals surface area contributed by atoms with Gasteiger partial charge in [-0.3, -0.25) is 0 Å². The zero-order valence-electron chi connectivity index (χ0n) is 7.62. The largest absolute Gasteiger partial charge is 0.478 e. The maximum atomic E-state index is 10.5. The van der Waals surface area contributed by atoms with Crippen LogP contribution in [-0.2, 0) is 9.59 Å². The molecule has 4 nitrogen and oxygen atoms in total. The van der Waals surface area contributed by atoms with Gasteiger partial charge in [-0.25, -0.2) is 14.6 Å². The second kappa shape index (κ2) is 7.25. The Morgan fingerprint density at radius 2 is 2.23 bits per heavy atom. The Bertz CT molecular complexity index is 239. The van der Waals surface area contributed by atoms with Crippen LogP contribution >= 0.6 is 0 Å². The summed E-state index contributed by atoms with van der Waals surface area (Å²) in [5.41, 5.74) is 0.412. The number of hydrogen-bond acceptors (Lipinski definition) is 3. The first-order chi connectivity index (χ1) is 6.22. The molecule has 0 aliphatic carbocycles. The lowest BCUT2D eigenvalue weighted by atomic mass is 10.1. The summed E-state index contributed by atoms with van der Waals surface area (Å²) < 4.78 is 0. The fourth-order valence-corrected chi connectivity index (χ4v) is 0.927. The normalized spacial score (nSPS) is 10.7. The number of rotatable bonds is 6. The highest BCUT2D eigenvalue weighted by molar-refractivity contribution is 5.86. The van der Waals surface area contributed by atoms with Gasteiger partial charge in [0, 0.05) is 5.57 Å². The van der Waals surface area contributed by atoms with Crippen LogP contribution in [0.2, 0.25) is 0 Å². The Kier molecular flexibility index (Phi) is 6.46. The van der Waals surface area contributed by atoms with Crippen molar-refractivity contribution >= 4 is 12.0 Å². The van der Waals surface area contributed by atoms with E-state index in [1.54, 1.807) is 13.0 Å². The van der Waals surface area contributed by atoms with Gasteiger partial charge in [0.15, 0.2) is 0 Å². The lowest BCUT2D eigenvalue weighted by Crippen LogP contribution is -2.00. The molecular weight excluding hydrogens is 170 g/mol. The highest BCUT2D eigenvalue weighted by Crippen LogP contribution is 2.07. The van der Waals surface area contributed by atoms with Crippen molar-refractivity contribution in [3.8, 4) is 0 Å². The van der Waals surface area contributed by atoms with Crippen LogP contribution in [0.1, 0.15) is 26.2 Å². The number of aliphatic carboxylic acids is 1. The number of carbonyl (C=O) groups excluding carboxylic acids is 1. The number of nitrogens with zero attached hydrogens (tertiary/aromatic N) is 1. The first-order valence-electron chi connectivity index (χ1n) is 4.14. The quantitative estimate of drug-likeness (QED) is 0.294. The lowest BCUT2D eigenvalue weighted by molar-refractivity contribution is -0.132. The van der Waals surface area contributed by atoms with Crippen LogP contribution in [0.15, 0.2) is 16.6 Å². The molecule has 0 heterocycles. The van der Waals surface area contributed by atoms with Crippen LogP contribution in [0, 0.1) is 0 Å². The number of carbonyl (C=O) groups is 1. The molecule has 0 aromatic rings. The summed E-state index contributed by atoms with van der Waals surface area (Å²) in [5.74, 6) is -0.874. The molecule has 1 N–H and O–H groups in total. The standard InChI is InChI=1S/C9H13NO3/c1-2-8(9(12)13)5-3-4-6-10-7-11/h2H,3-6H2,1H3,(H,12,13). The SMILES string of the molecule is CC=C(CCCCN=C=O)C(=O)O. The fourth-order valence-electron chi connectivity index (χ4n) is 0.927. The molecule has 0 radical (unpaired) electrons. The van der Waals surface area contributed by atoms with E-state index in [-0.39, 0.29) is 0 Å². The van der Waals surface area contributed by atoms with Crippen molar-refractivity contribution in [1.82, 2.24) is 0 Å². The van der Waals surface area contributed by atoms with Crippen LogP contribution < -0.4 is 0 Å². The summed E-state index contributed by atoms with van der Waals surface area (Å²) in [6.07, 6.45) is 5.01. The maximum absolute atomic E-state index is 10.5. The van der Waals surface area contributed by atoms with Crippen molar-refractivity contribution in [2.24, 2.45) is 4.99 Å². The molecule has 0 aromatic carbocycles. The second-order valence-electron chi connectivity index (χ2n) is 2.55. The maximum Gasteiger partial charge on any atom is 0.331 e. The van der Waals surface area contributed by atoms with E-state index < -0.39 is 5.97 Å². The fraction of sp³-hybridized carbons (Fsp3) is 0.556. The zero-order valence-corrected chi connectivity index (χ0v) is 7.62. The van der Waals surface area contributed by atoms with Crippen molar-refractivity contribution in [3.63, 3.8) is 0 Å². The van der Waals surface area contributed by atoms with Gasteiger partial charge in [-0.15, -0.1) is 0 Å². The monoisotopic (exact) mass is 183 g/mol. The van der Waals surface area contributed by atoms with Gasteiger partial charge >= 0.3 is 5.97 Å². The molecular formula is C9H13NO3. The molecule has 72 valence electrons. The van der Waals surface area contributed by atoms with Gasteiger partial charge < -0.3 is 5.11 Å². The number of allylic oxidation sites excluding steroid dienone is 1. The Balaban J connectivity index is 3.63. The predicted octanol–water partition coefficient (Wildman–Crippen LogP) is 1.52. The van der Waals surface area contributed by atoms with Gasteiger partial charge in [-0.2, -0.15) is 0 Å². The topological polar surface area (TPSA) is 66.7 Å². The molecule has 4 heteroatoms. The number of hydrogen-bond donors (Lipinski definition) is 1. The van der Waals surface area contributed by atoms with Crippen LogP contribution in [0.25, 0.3) is 0 Å².